The van der Waals surface area contributed by atoms with E-state index in [4.69, 9.17) is 23.2 Å². The van der Waals surface area contributed by atoms with Gasteiger partial charge in [0.1, 0.15) is 12.1 Å². The van der Waals surface area contributed by atoms with E-state index >= 15 is 0 Å². The van der Waals surface area contributed by atoms with Crippen molar-refractivity contribution in [3.05, 3.63) is 28.2 Å². The van der Waals surface area contributed by atoms with Crippen molar-refractivity contribution in [3.8, 4) is 0 Å². The Hall–Kier alpha value is -1.26. The third kappa shape index (κ3) is 2.17. The smallest absolute Gasteiger partial charge is 0.253 e. The van der Waals surface area contributed by atoms with E-state index in [9.17, 15) is 9.59 Å². The van der Waals surface area contributed by atoms with Crippen molar-refractivity contribution >= 4 is 40.7 Å². The third-order valence-corrected chi connectivity index (χ3v) is 4.54. The molecule has 1 aromatic rings. The molecule has 1 heterocycles. The number of anilines is 1. The standard InChI is InChI=1S/C14H14Cl2N2O2/c1-14(8-2-3-8)13(20)18(7-12(19)17-14)11-6-9(15)4-5-10(11)16/h4-6,8H,2-3,7H2,1H3,(H,17,19). The number of nitrogens with zero attached hydrogens (tertiary/aromatic N) is 1. The van der Waals surface area contributed by atoms with Gasteiger partial charge in [-0.1, -0.05) is 23.2 Å². The summed E-state index contributed by atoms with van der Waals surface area (Å²) in [7, 11) is 0. The fourth-order valence-corrected chi connectivity index (χ4v) is 3.09. The molecule has 2 amide bonds. The number of carbonyl (C=O) groups is 2. The molecule has 6 heteroatoms. The van der Waals surface area contributed by atoms with Crippen LogP contribution in [0.15, 0.2) is 18.2 Å². The molecule has 0 radical (unpaired) electrons. The van der Waals surface area contributed by atoms with Crippen LogP contribution in [0.4, 0.5) is 5.69 Å². The van der Waals surface area contributed by atoms with Crippen LogP contribution >= 0.6 is 23.2 Å². The maximum Gasteiger partial charge on any atom is 0.253 e. The lowest BCUT2D eigenvalue weighted by molar-refractivity contribution is -0.136. The van der Waals surface area contributed by atoms with E-state index in [-0.39, 0.29) is 24.3 Å². The van der Waals surface area contributed by atoms with Crippen molar-refractivity contribution in [2.75, 3.05) is 11.4 Å². The Bertz CT molecular complexity index is 601. The normalized spacial score (nSPS) is 26.6. The maximum atomic E-state index is 12.7. The van der Waals surface area contributed by atoms with E-state index in [0.717, 1.165) is 12.8 Å². The van der Waals surface area contributed by atoms with Crippen LogP contribution in [-0.4, -0.2) is 23.9 Å². The number of amides is 2. The van der Waals surface area contributed by atoms with E-state index in [1.54, 1.807) is 25.1 Å². The summed E-state index contributed by atoms with van der Waals surface area (Å²) < 4.78 is 0. The molecule has 1 N–H and O–H groups in total. The molecule has 0 bridgehead atoms. The number of halogens is 2. The summed E-state index contributed by atoms with van der Waals surface area (Å²) in [6, 6.07) is 4.91. The Labute approximate surface area is 127 Å². The van der Waals surface area contributed by atoms with Gasteiger partial charge < -0.3 is 5.32 Å². The first kappa shape index (κ1) is 13.7. The minimum atomic E-state index is -0.832. The summed E-state index contributed by atoms with van der Waals surface area (Å²) in [6.07, 6.45) is 1.92. The number of hydrogen-bond donors (Lipinski definition) is 1. The van der Waals surface area contributed by atoms with Gasteiger partial charge in [0.2, 0.25) is 5.91 Å². The van der Waals surface area contributed by atoms with Gasteiger partial charge in [-0.15, -0.1) is 0 Å². The first-order valence-corrected chi connectivity index (χ1v) is 7.25. The number of benzene rings is 1. The van der Waals surface area contributed by atoms with Crippen molar-refractivity contribution in [1.82, 2.24) is 5.32 Å². The second-order valence-corrected chi connectivity index (χ2v) is 6.36. The van der Waals surface area contributed by atoms with Gasteiger partial charge in [0.25, 0.3) is 5.91 Å². The highest BCUT2D eigenvalue weighted by atomic mass is 35.5. The van der Waals surface area contributed by atoms with E-state index in [1.165, 1.54) is 4.90 Å². The lowest BCUT2D eigenvalue weighted by Gasteiger charge is -2.40. The number of rotatable bonds is 2. The summed E-state index contributed by atoms with van der Waals surface area (Å²) in [4.78, 5) is 26.1. The van der Waals surface area contributed by atoms with Crippen LogP contribution in [0.1, 0.15) is 19.8 Å². The van der Waals surface area contributed by atoms with Gasteiger partial charge in [-0.05, 0) is 43.9 Å². The first-order chi connectivity index (χ1) is 9.41. The van der Waals surface area contributed by atoms with Crippen LogP contribution in [0.3, 0.4) is 0 Å². The van der Waals surface area contributed by atoms with Crippen LogP contribution < -0.4 is 10.2 Å². The number of carbonyl (C=O) groups excluding carboxylic acids is 2. The molecule has 1 aromatic carbocycles. The largest absolute Gasteiger partial charge is 0.340 e. The molecule has 106 valence electrons. The summed E-state index contributed by atoms with van der Waals surface area (Å²) >= 11 is 12.1. The van der Waals surface area contributed by atoms with Gasteiger partial charge in [0, 0.05) is 5.02 Å². The van der Waals surface area contributed by atoms with E-state index < -0.39 is 5.54 Å². The highest BCUT2D eigenvalue weighted by Gasteiger charge is 2.53. The zero-order chi connectivity index (χ0) is 14.5. The minimum absolute atomic E-state index is 0.0266. The van der Waals surface area contributed by atoms with Crippen molar-refractivity contribution in [2.24, 2.45) is 5.92 Å². The topological polar surface area (TPSA) is 49.4 Å². The molecule has 1 aliphatic carbocycles. The Morgan fingerprint density at radius 2 is 2.00 bits per heavy atom. The highest BCUT2D eigenvalue weighted by Crippen LogP contribution is 2.43. The Kier molecular flexibility index (Phi) is 3.18. The molecule has 1 saturated heterocycles. The molecule has 2 aliphatic rings. The molecule has 0 aromatic heterocycles. The Morgan fingerprint density at radius 3 is 2.65 bits per heavy atom. The summed E-state index contributed by atoms with van der Waals surface area (Å²) in [5.74, 6) is -0.0847. The van der Waals surface area contributed by atoms with Crippen LogP contribution in [0.2, 0.25) is 10.0 Å². The SMILES string of the molecule is CC1(C2CC2)NC(=O)CN(c2cc(Cl)ccc2Cl)C1=O. The average molecular weight is 313 g/mol. The Balaban J connectivity index is 2.01. The molecular formula is C14H14Cl2N2O2. The van der Waals surface area contributed by atoms with E-state index in [1.807, 2.05) is 0 Å². The average Bonchev–Trinajstić information content (AvgIpc) is 3.21. The fraction of sp³-hybridized carbons (Fsp3) is 0.429. The molecule has 1 aliphatic heterocycles. The van der Waals surface area contributed by atoms with Crippen LogP contribution in [0, 0.1) is 5.92 Å². The molecule has 2 fully saturated rings. The molecule has 3 rings (SSSR count). The van der Waals surface area contributed by atoms with Crippen LogP contribution in [0.25, 0.3) is 0 Å². The lowest BCUT2D eigenvalue weighted by Crippen LogP contribution is -2.66. The van der Waals surface area contributed by atoms with Gasteiger partial charge >= 0.3 is 0 Å². The van der Waals surface area contributed by atoms with Crippen LogP contribution in [-0.2, 0) is 9.59 Å². The Morgan fingerprint density at radius 1 is 1.30 bits per heavy atom. The first-order valence-electron chi connectivity index (χ1n) is 6.50. The van der Waals surface area contributed by atoms with Gasteiger partial charge in [0.15, 0.2) is 0 Å². The summed E-state index contributed by atoms with van der Waals surface area (Å²) in [5.41, 5.74) is -0.341. The molecular weight excluding hydrogens is 299 g/mol. The zero-order valence-corrected chi connectivity index (χ0v) is 12.5. The van der Waals surface area contributed by atoms with Crippen molar-refractivity contribution in [3.63, 3.8) is 0 Å². The van der Waals surface area contributed by atoms with Crippen molar-refractivity contribution in [2.45, 2.75) is 25.3 Å². The zero-order valence-electron chi connectivity index (χ0n) is 11.0. The minimum Gasteiger partial charge on any atom is -0.340 e. The van der Waals surface area contributed by atoms with Gasteiger partial charge in [-0.25, -0.2) is 0 Å². The predicted octanol–water partition coefficient (Wildman–Crippen LogP) is 2.62. The van der Waals surface area contributed by atoms with Gasteiger partial charge in [-0.2, -0.15) is 0 Å². The van der Waals surface area contributed by atoms with Crippen LogP contribution in [0.5, 0.6) is 0 Å². The molecule has 1 atom stereocenters. The van der Waals surface area contributed by atoms with Crippen molar-refractivity contribution in [1.29, 1.82) is 0 Å². The third-order valence-electron chi connectivity index (χ3n) is 3.98. The van der Waals surface area contributed by atoms with Crippen molar-refractivity contribution < 1.29 is 9.59 Å². The predicted molar refractivity (Wildman–Crippen MR) is 78.1 cm³/mol. The second-order valence-electron chi connectivity index (χ2n) is 5.51. The van der Waals surface area contributed by atoms with Gasteiger partial charge in [0.05, 0.1) is 10.7 Å². The number of nitrogens with one attached hydrogen (secondary N) is 1. The second kappa shape index (κ2) is 4.64. The monoisotopic (exact) mass is 312 g/mol. The summed E-state index contributed by atoms with van der Waals surface area (Å²) in [5, 5.41) is 3.73. The maximum absolute atomic E-state index is 12.7. The quantitative estimate of drug-likeness (QED) is 0.912. The highest BCUT2D eigenvalue weighted by molar-refractivity contribution is 6.36. The van der Waals surface area contributed by atoms with Gasteiger partial charge in [-0.3, -0.25) is 14.5 Å². The number of hydrogen-bond acceptors (Lipinski definition) is 2. The fourth-order valence-electron chi connectivity index (χ4n) is 2.70. The van der Waals surface area contributed by atoms with E-state index in [2.05, 4.69) is 5.32 Å². The molecule has 1 saturated carbocycles. The molecule has 0 spiro atoms. The summed E-state index contributed by atoms with van der Waals surface area (Å²) in [6.45, 7) is 1.76. The molecule has 20 heavy (non-hydrogen) atoms. The molecule has 1 unspecified atom stereocenters. The van der Waals surface area contributed by atoms with E-state index in [0.29, 0.717) is 15.7 Å². The lowest BCUT2D eigenvalue weighted by atomic mass is 9.91. The molecule has 4 nitrogen and oxygen atoms in total. The number of piperazine rings is 1.